The largest absolute Gasteiger partial charge is 0.508 e. The van der Waals surface area contributed by atoms with E-state index in [1.165, 1.54) is 0 Å². The molecule has 1 aromatic rings. The average Bonchev–Trinajstić information content (AvgIpc) is 2.77. The summed E-state index contributed by atoms with van der Waals surface area (Å²) in [6.45, 7) is 17.8. The van der Waals surface area contributed by atoms with Gasteiger partial charge in [0.2, 0.25) is 0 Å². The maximum Gasteiger partial charge on any atom is 0.508 e. The summed E-state index contributed by atoms with van der Waals surface area (Å²) in [7, 11) is 6.10. The molecule has 1 amide bonds. The van der Waals surface area contributed by atoms with Crippen LogP contribution in [-0.4, -0.2) is 112 Å². The second-order valence-electron chi connectivity index (χ2n) is 11.2. The molecule has 0 unspecified atom stereocenters. The first-order valence-electron chi connectivity index (χ1n) is 12.6. The first-order chi connectivity index (χ1) is 16.8. The third kappa shape index (κ3) is 8.46. The molecule has 0 spiro atoms. The highest BCUT2D eigenvalue weighted by molar-refractivity contribution is 6.32. The van der Waals surface area contributed by atoms with Crippen molar-refractivity contribution in [2.75, 3.05) is 75.3 Å². The van der Waals surface area contributed by atoms with Crippen LogP contribution in [0.2, 0.25) is 0 Å². The molecule has 3 heterocycles. The van der Waals surface area contributed by atoms with Gasteiger partial charge in [0.15, 0.2) is 5.82 Å². The fraction of sp³-hybridized carbons (Fsp3) is 0.720. The fourth-order valence-corrected chi connectivity index (χ4v) is 4.12. The summed E-state index contributed by atoms with van der Waals surface area (Å²) in [6, 6.07) is 1.98. The molecule has 2 saturated heterocycles. The van der Waals surface area contributed by atoms with Crippen LogP contribution in [-0.2, 0) is 14.2 Å². The molecule has 2 aliphatic rings. The molecule has 2 aliphatic heterocycles. The SMILES string of the molecule is [B]c1cnc(N2CCN(C(=O)OC(C)(C)C)CC2)c(N2CCN(CCOC(=O)OC(C)(C)C)CC2)c1. The Hall–Kier alpha value is -2.69. The number of aromatic nitrogens is 1. The van der Waals surface area contributed by atoms with E-state index in [-0.39, 0.29) is 6.09 Å². The van der Waals surface area contributed by atoms with Gasteiger partial charge in [-0.15, -0.1) is 0 Å². The Balaban J connectivity index is 1.52. The van der Waals surface area contributed by atoms with Gasteiger partial charge in [-0.3, -0.25) is 4.90 Å². The van der Waals surface area contributed by atoms with E-state index in [0.717, 1.165) is 37.7 Å². The van der Waals surface area contributed by atoms with Crippen LogP contribution >= 0.6 is 0 Å². The Kier molecular flexibility index (Phi) is 8.97. The van der Waals surface area contributed by atoms with Crippen molar-refractivity contribution in [1.29, 1.82) is 0 Å². The zero-order valence-corrected chi connectivity index (χ0v) is 22.6. The van der Waals surface area contributed by atoms with Crippen molar-refractivity contribution in [2.45, 2.75) is 52.7 Å². The normalized spacial score (nSPS) is 17.7. The number of anilines is 2. The van der Waals surface area contributed by atoms with E-state index in [1.54, 1.807) is 11.1 Å². The minimum atomic E-state index is -0.636. The standard InChI is InChI=1S/C25H40BN5O5/c1-24(2,3)35-22(32)31-13-11-30(12-14-31)21-20(17-19(26)18-27-21)29-9-7-28(8-10-29)15-16-34-23(33)36-25(4,5)6/h17-18H,7-16H2,1-6H3. The van der Waals surface area contributed by atoms with E-state index < -0.39 is 17.4 Å². The number of hydrogen-bond donors (Lipinski definition) is 0. The van der Waals surface area contributed by atoms with Gasteiger partial charge in [-0.25, -0.2) is 14.6 Å². The van der Waals surface area contributed by atoms with Crippen LogP contribution in [0.1, 0.15) is 41.5 Å². The van der Waals surface area contributed by atoms with Gasteiger partial charge in [0.1, 0.15) is 25.7 Å². The van der Waals surface area contributed by atoms with Crippen LogP contribution in [0.15, 0.2) is 12.3 Å². The van der Waals surface area contributed by atoms with E-state index in [1.807, 2.05) is 47.6 Å². The van der Waals surface area contributed by atoms with Gasteiger partial charge >= 0.3 is 12.2 Å². The minimum absolute atomic E-state index is 0.278. The van der Waals surface area contributed by atoms with Crippen molar-refractivity contribution in [3.63, 3.8) is 0 Å². The van der Waals surface area contributed by atoms with Crippen LogP contribution in [0.5, 0.6) is 0 Å². The summed E-state index contributed by atoms with van der Waals surface area (Å²) in [5, 5.41) is 0. The number of carbonyl (C=O) groups excluding carboxylic acids is 2. The Bertz CT molecular complexity index is 901. The second kappa shape index (κ2) is 11.6. The van der Waals surface area contributed by atoms with Crippen LogP contribution in [0.25, 0.3) is 0 Å². The van der Waals surface area contributed by atoms with Crippen LogP contribution in [0.4, 0.5) is 21.1 Å². The van der Waals surface area contributed by atoms with Gasteiger partial charge in [0.05, 0.1) is 5.69 Å². The van der Waals surface area contributed by atoms with Gasteiger partial charge in [-0.05, 0) is 47.6 Å². The molecule has 2 radical (unpaired) electrons. The highest BCUT2D eigenvalue weighted by Gasteiger charge is 2.29. The number of ether oxygens (including phenoxy) is 3. The average molecular weight is 501 g/mol. The molecule has 198 valence electrons. The zero-order valence-electron chi connectivity index (χ0n) is 22.6. The Morgan fingerprint density at radius 2 is 1.47 bits per heavy atom. The van der Waals surface area contributed by atoms with E-state index >= 15 is 0 Å². The lowest BCUT2D eigenvalue weighted by atomic mass is 9.98. The van der Waals surface area contributed by atoms with Crippen molar-refractivity contribution in [1.82, 2.24) is 14.8 Å². The lowest BCUT2D eigenvalue weighted by molar-refractivity contribution is -0.0104. The first kappa shape index (κ1) is 27.9. The highest BCUT2D eigenvalue weighted by Crippen LogP contribution is 2.28. The molecule has 10 nitrogen and oxygen atoms in total. The summed E-state index contributed by atoms with van der Waals surface area (Å²) in [4.78, 5) is 37.4. The Morgan fingerprint density at radius 3 is 2.06 bits per heavy atom. The third-order valence-electron chi connectivity index (χ3n) is 5.83. The predicted octanol–water partition coefficient (Wildman–Crippen LogP) is 2.01. The molecular weight excluding hydrogens is 461 g/mol. The molecule has 1 aromatic heterocycles. The summed E-state index contributed by atoms with van der Waals surface area (Å²) in [5.41, 5.74) is 0.554. The van der Waals surface area contributed by atoms with Crippen molar-refractivity contribution >= 4 is 37.1 Å². The van der Waals surface area contributed by atoms with Gasteiger partial charge in [-0.1, -0.05) is 5.46 Å². The number of carbonyl (C=O) groups is 2. The van der Waals surface area contributed by atoms with Crippen molar-refractivity contribution in [2.24, 2.45) is 0 Å². The molecule has 36 heavy (non-hydrogen) atoms. The number of hydrogen-bond acceptors (Lipinski definition) is 9. The van der Waals surface area contributed by atoms with Crippen LogP contribution < -0.4 is 15.3 Å². The summed E-state index contributed by atoms with van der Waals surface area (Å²) in [5.74, 6) is 0.884. The highest BCUT2D eigenvalue weighted by atomic mass is 16.7. The maximum absolute atomic E-state index is 12.4. The van der Waals surface area contributed by atoms with Gasteiger partial charge < -0.3 is 28.9 Å². The van der Waals surface area contributed by atoms with E-state index in [2.05, 4.69) is 19.7 Å². The second-order valence-corrected chi connectivity index (χ2v) is 11.2. The molecule has 2 fully saturated rings. The smallest absolute Gasteiger partial charge is 0.444 e. The topological polar surface area (TPSA) is 87.7 Å². The quantitative estimate of drug-likeness (QED) is 0.444. The molecule has 0 N–H and O–H groups in total. The van der Waals surface area contributed by atoms with E-state index in [4.69, 9.17) is 22.1 Å². The molecular formula is C25H40BN5O5. The summed E-state index contributed by atoms with van der Waals surface area (Å²) in [6.07, 6.45) is 0.770. The Morgan fingerprint density at radius 1 is 0.889 bits per heavy atom. The van der Waals surface area contributed by atoms with E-state index in [9.17, 15) is 9.59 Å². The monoisotopic (exact) mass is 501 g/mol. The van der Waals surface area contributed by atoms with E-state index in [0.29, 0.717) is 44.8 Å². The zero-order chi connectivity index (χ0) is 26.5. The third-order valence-corrected chi connectivity index (χ3v) is 5.83. The van der Waals surface area contributed by atoms with Crippen LogP contribution in [0.3, 0.4) is 0 Å². The minimum Gasteiger partial charge on any atom is -0.444 e. The molecule has 11 heteroatoms. The number of piperazine rings is 2. The molecule has 0 aliphatic carbocycles. The number of pyridine rings is 1. The lowest BCUT2D eigenvalue weighted by Crippen LogP contribution is -2.51. The molecule has 0 aromatic carbocycles. The molecule has 0 atom stereocenters. The van der Waals surface area contributed by atoms with Crippen LogP contribution in [0, 0.1) is 0 Å². The van der Waals surface area contributed by atoms with Crippen molar-refractivity contribution in [3.8, 4) is 0 Å². The fourth-order valence-electron chi connectivity index (χ4n) is 4.12. The van der Waals surface area contributed by atoms with Crippen molar-refractivity contribution in [3.05, 3.63) is 12.3 Å². The Labute approximate surface area is 216 Å². The predicted molar refractivity (Wildman–Crippen MR) is 140 cm³/mol. The van der Waals surface area contributed by atoms with Crippen molar-refractivity contribution < 1.29 is 23.8 Å². The van der Waals surface area contributed by atoms with Gasteiger partial charge in [0.25, 0.3) is 0 Å². The summed E-state index contributed by atoms with van der Waals surface area (Å²) < 4.78 is 15.9. The molecule has 3 rings (SSSR count). The molecule has 0 saturated carbocycles. The van der Waals surface area contributed by atoms with Gasteiger partial charge in [-0.2, -0.15) is 0 Å². The maximum atomic E-state index is 12.4. The lowest BCUT2D eigenvalue weighted by Gasteiger charge is -2.40. The number of rotatable bonds is 5. The summed E-state index contributed by atoms with van der Waals surface area (Å²) >= 11 is 0. The first-order valence-corrected chi connectivity index (χ1v) is 12.6. The molecule has 0 bridgehead atoms. The number of amides is 1. The van der Waals surface area contributed by atoms with Gasteiger partial charge in [0, 0.05) is 65.1 Å². The number of nitrogens with zero attached hydrogens (tertiary/aromatic N) is 5.